The Morgan fingerprint density at radius 2 is 2.31 bits per heavy atom. The van der Waals surface area contributed by atoms with Crippen molar-refractivity contribution in [1.29, 1.82) is 0 Å². The summed E-state index contributed by atoms with van der Waals surface area (Å²) in [6.45, 7) is 2.38. The summed E-state index contributed by atoms with van der Waals surface area (Å²) < 4.78 is 5.48. The summed E-state index contributed by atoms with van der Waals surface area (Å²) in [5.41, 5.74) is 2.48. The number of halogens is 2. The first-order valence-corrected chi connectivity index (χ1v) is 5.83. The van der Waals surface area contributed by atoms with Crippen molar-refractivity contribution < 1.29 is 4.74 Å². The second-order valence-corrected chi connectivity index (χ2v) is 4.13. The zero-order valence-corrected chi connectivity index (χ0v) is 10.8. The first kappa shape index (κ1) is 13.4. The van der Waals surface area contributed by atoms with Gasteiger partial charge in [-0.2, -0.15) is 0 Å². The molecule has 0 bridgehead atoms. The smallest absolute Gasteiger partial charge is 0.125 e. The van der Waals surface area contributed by atoms with Crippen LogP contribution in [-0.4, -0.2) is 13.7 Å². The van der Waals surface area contributed by atoms with Gasteiger partial charge < -0.3 is 10.1 Å². The fraction of sp³-hybridized carbons (Fsp3) is 0.333. The lowest BCUT2D eigenvalue weighted by Crippen LogP contribution is -2.12. The number of rotatable bonds is 5. The van der Waals surface area contributed by atoms with Gasteiger partial charge in [0.2, 0.25) is 0 Å². The Hall–Kier alpha value is -0.700. The molecule has 0 aliphatic rings. The van der Waals surface area contributed by atoms with Gasteiger partial charge in [0.25, 0.3) is 0 Å². The van der Waals surface area contributed by atoms with Crippen LogP contribution in [0.4, 0.5) is 0 Å². The molecule has 0 aliphatic carbocycles. The van der Waals surface area contributed by atoms with Gasteiger partial charge in [0, 0.05) is 11.6 Å². The fourth-order valence-corrected chi connectivity index (χ4v) is 1.34. The molecule has 4 heteroatoms. The third-order valence-electron chi connectivity index (χ3n) is 2.29. The van der Waals surface area contributed by atoms with Crippen LogP contribution in [0.1, 0.15) is 18.5 Å². The summed E-state index contributed by atoms with van der Waals surface area (Å²) in [5, 5.41) is 3.65. The predicted molar refractivity (Wildman–Crippen MR) is 69.2 cm³/mol. The molecule has 0 fully saturated rings. The molecule has 0 radical (unpaired) electrons. The van der Waals surface area contributed by atoms with Crippen LogP contribution in [-0.2, 0) is 0 Å². The molecule has 0 amide bonds. The van der Waals surface area contributed by atoms with Crippen LogP contribution in [0.15, 0.2) is 34.8 Å². The molecule has 0 aromatic heterocycles. The van der Waals surface area contributed by atoms with Crippen LogP contribution < -0.4 is 10.1 Å². The summed E-state index contributed by atoms with van der Waals surface area (Å²) in [4.78, 5) is 0. The predicted octanol–water partition coefficient (Wildman–Crippen LogP) is 3.66. The highest BCUT2D eigenvalue weighted by atomic mass is 35.5. The lowest BCUT2D eigenvalue weighted by atomic mass is 10.1. The molecule has 1 aromatic carbocycles. The minimum absolute atomic E-state index is 0.294. The van der Waals surface area contributed by atoms with Crippen molar-refractivity contribution in [1.82, 2.24) is 5.32 Å². The molecule has 16 heavy (non-hydrogen) atoms. The van der Waals surface area contributed by atoms with Crippen LogP contribution in [0.2, 0.25) is 0 Å². The molecule has 0 saturated carbocycles. The second-order valence-electron chi connectivity index (χ2n) is 3.43. The van der Waals surface area contributed by atoms with E-state index in [1.807, 2.05) is 31.3 Å². The Morgan fingerprint density at radius 3 is 2.94 bits per heavy atom. The van der Waals surface area contributed by atoms with E-state index in [1.54, 1.807) is 0 Å². The van der Waals surface area contributed by atoms with Gasteiger partial charge in [0.15, 0.2) is 0 Å². The zero-order chi connectivity index (χ0) is 12.0. The standard InChI is InChI=1S/C12H15Cl2NO/c1-9(15-2)10-4-3-5-12(6-10)16-8-11(14)7-13/h3-7,9,15H,8H2,1-2H3. The van der Waals surface area contributed by atoms with E-state index >= 15 is 0 Å². The Kier molecular flexibility index (Phi) is 5.67. The van der Waals surface area contributed by atoms with Gasteiger partial charge in [0.05, 0.1) is 5.03 Å². The second kappa shape index (κ2) is 6.79. The van der Waals surface area contributed by atoms with E-state index in [0.29, 0.717) is 17.7 Å². The third kappa shape index (κ3) is 4.05. The molecule has 1 aromatic rings. The van der Waals surface area contributed by atoms with E-state index < -0.39 is 0 Å². The van der Waals surface area contributed by atoms with Crippen molar-refractivity contribution >= 4 is 23.2 Å². The minimum Gasteiger partial charge on any atom is -0.488 e. The Balaban J connectivity index is 2.67. The molecule has 1 N–H and O–H groups in total. The maximum Gasteiger partial charge on any atom is 0.125 e. The van der Waals surface area contributed by atoms with Gasteiger partial charge in [-0.05, 0) is 31.7 Å². The number of ether oxygens (including phenoxy) is 1. The zero-order valence-electron chi connectivity index (χ0n) is 9.34. The van der Waals surface area contributed by atoms with E-state index in [1.165, 1.54) is 11.1 Å². The largest absolute Gasteiger partial charge is 0.488 e. The Morgan fingerprint density at radius 1 is 1.56 bits per heavy atom. The quantitative estimate of drug-likeness (QED) is 0.872. The van der Waals surface area contributed by atoms with Crippen LogP contribution >= 0.6 is 23.2 Å². The molecule has 0 aliphatic heterocycles. The molecule has 88 valence electrons. The van der Waals surface area contributed by atoms with Crippen molar-refractivity contribution in [3.05, 3.63) is 40.4 Å². The van der Waals surface area contributed by atoms with Crippen LogP contribution in [0.3, 0.4) is 0 Å². The maximum atomic E-state index is 5.74. The van der Waals surface area contributed by atoms with Crippen molar-refractivity contribution in [3.63, 3.8) is 0 Å². The molecule has 0 saturated heterocycles. The third-order valence-corrected chi connectivity index (χ3v) is 2.88. The van der Waals surface area contributed by atoms with Crippen LogP contribution in [0, 0.1) is 0 Å². The lowest BCUT2D eigenvalue weighted by Gasteiger charge is -2.12. The number of hydrogen-bond acceptors (Lipinski definition) is 2. The monoisotopic (exact) mass is 259 g/mol. The summed E-state index contributed by atoms with van der Waals surface area (Å²) in [7, 11) is 1.92. The van der Waals surface area contributed by atoms with Gasteiger partial charge in [-0.1, -0.05) is 35.3 Å². The van der Waals surface area contributed by atoms with Gasteiger partial charge in [-0.3, -0.25) is 0 Å². The molecule has 0 spiro atoms. The number of hydrogen-bond donors (Lipinski definition) is 1. The lowest BCUT2D eigenvalue weighted by molar-refractivity contribution is 0.358. The molecule has 1 atom stereocenters. The van der Waals surface area contributed by atoms with Gasteiger partial charge in [-0.25, -0.2) is 0 Å². The molecular weight excluding hydrogens is 245 g/mol. The first-order chi connectivity index (χ1) is 7.67. The fourth-order valence-electron chi connectivity index (χ4n) is 1.22. The van der Waals surface area contributed by atoms with Crippen LogP contribution in [0.5, 0.6) is 5.75 Å². The number of nitrogens with one attached hydrogen (secondary N) is 1. The molecule has 2 nitrogen and oxygen atoms in total. The Bertz CT molecular complexity index is 366. The van der Waals surface area contributed by atoms with E-state index in [0.717, 1.165) is 5.75 Å². The molecular formula is C12H15Cl2NO. The average molecular weight is 260 g/mol. The van der Waals surface area contributed by atoms with Crippen molar-refractivity contribution in [2.24, 2.45) is 0 Å². The summed E-state index contributed by atoms with van der Waals surface area (Å²) in [6, 6.07) is 8.18. The SMILES string of the molecule is CNC(C)c1cccc(OCC(Cl)=CCl)c1. The highest BCUT2D eigenvalue weighted by Gasteiger charge is 2.03. The van der Waals surface area contributed by atoms with Crippen molar-refractivity contribution in [2.45, 2.75) is 13.0 Å². The van der Waals surface area contributed by atoms with Gasteiger partial charge in [-0.15, -0.1) is 0 Å². The topological polar surface area (TPSA) is 21.3 Å². The van der Waals surface area contributed by atoms with Crippen molar-refractivity contribution in [2.75, 3.05) is 13.7 Å². The van der Waals surface area contributed by atoms with E-state index in [2.05, 4.69) is 12.2 Å². The normalized spacial score (nSPS) is 13.6. The Labute approximate surface area is 106 Å². The summed E-state index contributed by atoms with van der Waals surface area (Å²) in [6.07, 6.45) is 0. The highest BCUT2D eigenvalue weighted by molar-refractivity contribution is 6.36. The van der Waals surface area contributed by atoms with Gasteiger partial charge >= 0.3 is 0 Å². The maximum absolute atomic E-state index is 5.74. The summed E-state index contributed by atoms with van der Waals surface area (Å²) >= 11 is 11.2. The van der Waals surface area contributed by atoms with Crippen LogP contribution in [0.25, 0.3) is 0 Å². The summed E-state index contributed by atoms with van der Waals surface area (Å²) in [5.74, 6) is 0.788. The van der Waals surface area contributed by atoms with Crippen molar-refractivity contribution in [3.8, 4) is 5.75 Å². The number of benzene rings is 1. The van der Waals surface area contributed by atoms with E-state index in [9.17, 15) is 0 Å². The molecule has 1 rings (SSSR count). The first-order valence-electron chi connectivity index (χ1n) is 5.02. The van der Waals surface area contributed by atoms with E-state index in [-0.39, 0.29) is 0 Å². The average Bonchev–Trinajstić information content (AvgIpc) is 2.35. The van der Waals surface area contributed by atoms with E-state index in [4.69, 9.17) is 27.9 Å². The minimum atomic E-state index is 0.294. The molecule has 0 heterocycles. The molecule has 1 unspecified atom stereocenters. The highest BCUT2D eigenvalue weighted by Crippen LogP contribution is 2.19. The van der Waals surface area contributed by atoms with Gasteiger partial charge in [0.1, 0.15) is 12.4 Å².